The molecule has 1 heterocycles. The van der Waals surface area contributed by atoms with Crippen molar-refractivity contribution in [2.24, 2.45) is 0 Å². The first-order valence-corrected chi connectivity index (χ1v) is 7.12. The van der Waals surface area contributed by atoms with Crippen LogP contribution in [0.5, 0.6) is 0 Å². The van der Waals surface area contributed by atoms with E-state index in [1.54, 1.807) is 4.57 Å². The maximum Gasteiger partial charge on any atom is 0.307 e. The lowest BCUT2D eigenvalue weighted by atomic mass is 10.2. The van der Waals surface area contributed by atoms with Crippen LogP contribution in [0.2, 0.25) is 0 Å². The maximum absolute atomic E-state index is 13.5. The van der Waals surface area contributed by atoms with E-state index in [9.17, 15) is 13.6 Å². The fourth-order valence-electron chi connectivity index (χ4n) is 1.97. The minimum absolute atomic E-state index is 0.0175. The molecule has 0 N–H and O–H groups in total. The Morgan fingerprint density at radius 1 is 1.35 bits per heavy atom. The minimum atomic E-state index is -0.575. The van der Waals surface area contributed by atoms with Crippen molar-refractivity contribution in [2.75, 3.05) is 13.6 Å². The van der Waals surface area contributed by atoms with Crippen LogP contribution < -0.4 is 4.87 Å². The van der Waals surface area contributed by atoms with Crippen molar-refractivity contribution in [1.82, 2.24) is 9.47 Å². The van der Waals surface area contributed by atoms with Crippen LogP contribution in [0, 0.1) is 18.6 Å². The first kappa shape index (κ1) is 14.9. The molecule has 108 valence electrons. The van der Waals surface area contributed by atoms with Gasteiger partial charge in [0.1, 0.15) is 11.6 Å². The zero-order valence-corrected chi connectivity index (χ0v) is 12.2. The molecule has 0 fully saturated rings. The van der Waals surface area contributed by atoms with Gasteiger partial charge in [-0.3, -0.25) is 4.79 Å². The maximum atomic E-state index is 13.5. The molecule has 0 bridgehead atoms. The van der Waals surface area contributed by atoms with Crippen molar-refractivity contribution in [1.29, 1.82) is 0 Å². The summed E-state index contributed by atoms with van der Waals surface area (Å²) < 4.78 is 28.0. The highest BCUT2D eigenvalue weighted by Crippen LogP contribution is 2.11. The van der Waals surface area contributed by atoms with Crippen LogP contribution >= 0.6 is 11.3 Å². The first-order valence-electron chi connectivity index (χ1n) is 6.25. The number of halogens is 2. The Morgan fingerprint density at radius 3 is 2.70 bits per heavy atom. The average molecular weight is 298 g/mol. The summed E-state index contributed by atoms with van der Waals surface area (Å²) in [6.07, 6.45) is 0. The second kappa shape index (κ2) is 6.28. The van der Waals surface area contributed by atoms with Crippen molar-refractivity contribution in [3.8, 4) is 0 Å². The van der Waals surface area contributed by atoms with Crippen LogP contribution in [0.3, 0.4) is 0 Å². The molecule has 0 amide bonds. The van der Waals surface area contributed by atoms with Crippen molar-refractivity contribution in [3.63, 3.8) is 0 Å². The fraction of sp³-hybridized carbons (Fsp3) is 0.357. The summed E-state index contributed by atoms with van der Waals surface area (Å²) >= 11 is 1.18. The molecule has 2 rings (SSSR count). The van der Waals surface area contributed by atoms with Crippen LogP contribution in [-0.2, 0) is 13.1 Å². The van der Waals surface area contributed by atoms with Gasteiger partial charge in [-0.1, -0.05) is 17.4 Å². The molecule has 0 radical (unpaired) electrons. The molecule has 0 saturated carbocycles. The molecule has 0 aliphatic carbocycles. The Balaban J connectivity index is 1.96. The normalized spacial score (nSPS) is 11.2. The average Bonchev–Trinajstić information content (AvgIpc) is 2.70. The van der Waals surface area contributed by atoms with Gasteiger partial charge >= 0.3 is 4.87 Å². The SMILES string of the molecule is Cc1csc(=O)n1CCN(C)Cc1ccc(F)cc1F. The van der Waals surface area contributed by atoms with Crippen LogP contribution in [0.15, 0.2) is 28.4 Å². The molecule has 0 unspecified atom stereocenters. The van der Waals surface area contributed by atoms with Crippen molar-refractivity contribution in [2.45, 2.75) is 20.0 Å². The summed E-state index contributed by atoms with van der Waals surface area (Å²) in [7, 11) is 1.84. The summed E-state index contributed by atoms with van der Waals surface area (Å²) in [5.74, 6) is -1.12. The van der Waals surface area contributed by atoms with Gasteiger partial charge < -0.3 is 9.47 Å². The molecule has 1 aromatic carbocycles. The molecule has 0 aliphatic rings. The summed E-state index contributed by atoms with van der Waals surface area (Å²) in [4.78, 5) is 13.5. The quantitative estimate of drug-likeness (QED) is 0.848. The van der Waals surface area contributed by atoms with Gasteiger partial charge in [0, 0.05) is 42.3 Å². The van der Waals surface area contributed by atoms with E-state index in [0.717, 1.165) is 11.8 Å². The number of likely N-dealkylation sites (N-methyl/N-ethyl adjacent to an activating group) is 1. The van der Waals surface area contributed by atoms with Crippen molar-refractivity contribution in [3.05, 3.63) is 56.1 Å². The number of nitrogens with zero attached hydrogens (tertiary/aromatic N) is 2. The lowest BCUT2D eigenvalue weighted by Crippen LogP contribution is -2.27. The predicted octanol–water partition coefficient (Wildman–Crippen LogP) is 2.63. The van der Waals surface area contributed by atoms with E-state index in [1.807, 2.05) is 24.3 Å². The Bertz CT molecular complexity index is 651. The first-order chi connectivity index (χ1) is 9.47. The van der Waals surface area contributed by atoms with E-state index < -0.39 is 11.6 Å². The van der Waals surface area contributed by atoms with E-state index in [4.69, 9.17) is 0 Å². The number of aryl methyl sites for hydroxylation is 1. The summed E-state index contributed by atoms with van der Waals surface area (Å²) in [6.45, 7) is 3.45. The van der Waals surface area contributed by atoms with Gasteiger partial charge in [-0.2, -0.15) is 0 Å². The second-order valence-corrected chi connectivity index (χ2v) is 5.59. The largest absolute Gasteiger partial charge is 0.307 e. The zero-order chi connectivity index (χ0) is 14.7. The third kappa shape index (κ3) is 3.52. The number of hydrogen-bond acceptors (Lipinski definition) is 3. The van der Waals surface area contributed by atoms with Gasteiger partial charge in [0.25, 0.3) is 0 Å². The Morgan fingerprint density at radius 2 is 2.10 bits per heavy atom. The van der Waals surface area contributed by atoms with Gasteiger partial charge in [-0.25, -0.2) is 8.78 Å². The van der Waals surface area contributed by atoms with Gasteiger partial charge in [0.05, 0.1) is 0 Å². The van der Waals surface area contributed by atoms with Gasteiger partial charge in [0.2, 0.25) is 0 Å². The molecule has 0 spiro atoms. The van der Waals surface area contributed by atoms with Crippen LogP contribution in [0.4, 0.5) is 8.78 Å². The van der Waals surface area contributed by atoms with Crippen LogP contribution in [0.25, 0.3) is 0 Å². The summed E-state index contributed by atoms with van der Waals surface area (Å²) in [6, 6.07) is 3.58. The lowest BCUT2D eigenvalue weighted by Gasteiger charge is -2.17. The van der Waals surface area contributed by atoms with E-state index in [2.05, 4.69) is 0 Å². The van der Waals surface area contributed by atoms with E-state index >= 15 is 0 Å². The highest BCUT2D eigenvalue weighted by molar-refractivity contribution is 7.07. The molecule has 0 saturated heterocycles. The van der Waals surface area contributed by atoms with Gasteiger partial charge in [-0.15, -0.1) is 0 Å². The Hall–Kier alpha value is -1.53. The molecule has 1 aromatic heterocycles. The molecule has 3 nitrogen and oxygen atoms in total. The molecule has 0 aliphatic heterocycles. The topological polar surface area (TPSA) is 25.2 Å². The third-order valence-corrected chi connectivity index (χ3v) is 4.02. The summed E-state index contributed by atoms with van der Waals surface area (Å²) in [5.41, 5.74) is 1.38. The Kier molecular flexibility index (Phi) is 4.67. The number of hydrogen-bond donors (Lipinski definition) is 0. The number of thiazole rings is 1. The van der Waals surface area contributed by atoms with Crippen molar-refractivity contribution >= 4 is 11.3 Å². The van der Waals surface area contributed by atoms with Crippen LogP contribution in [0.1, 0.15) is 11.3 Å². The molecule has 6 heteroatoms. The summed E-state index contributed by atoms with van der Waals surface area (Å²) in [5, 5.41) is 1.82. The molecular weight excluding hydrogens is 282 g/mol. The number of rotatable bonds is 5. The van der Waals surface area contributed by atoms with Gasteiger partial charge in [0.15, 0.2) is 0 Å². The minimum Gasteiger partial charge on any atom is -0.302 e. The van der Waals surface area contributed by atoms with E-state index in [-0.39, 0.29) is 4.87 Å². The van der Waals surface area contributed by atoms with E-state index in [1.165, 1.54) is 23.5 Å². The number of benzene rings is 1. The standard InChI is InChI=1S/C14H16F2N2OS/c1-10-9-20-14(19)18(10)6-5-17(2)8-11-3-4-12(15)7-13(11)16/h3-4,7,9H,5-6,8H2,1-2H3. The lowest BCUT2D eigenvalue weighted by molar-refractivity contribution is 0.304. The molecular formula is C14H16F2N2OS. The fourth-order valence-corrected chi connectivity index (χ4v) is 2.73. The monoisotopic (exact) mass is 298 g/mol. The molecule has 0 atom stereocenters. The Labute approximate surface area is 120 Å². The van der Waals surface area contributed by atoms with Crippen molar-refractivity contribution < 1.29 is 8.78 Å². The van der Waals surface area contributed by atoms with E-state index in [0.29, 0.717) is 25.2 Å². The third-order valence-electron chi connectivity index (χ3n) is 3.14. The predicted molar refractivity (Wildman–Crippen MR) is 76.0 cm³/mol. The smallest absolute Gasteiger partial charge is 0.302 e. The highest BCUT2D eigenvalue weighted by atomic mass is 32.1. The van der Waals surface area contributed by atoms with Gasteiger partial charge in [-0.05, 0) is 20.0 Å². The molecule has 2 aromatic rings. The number of aromatic nitrogens is 1. The van der Waals surface area contributed by atoms with Crippen LogP contribution in [-0.4, -0.2) is 23.1 Å². The second-order valence-electron chi connectivity index (χ2n) is 4.77. The zero-order valence-electron chi connectivity index (χ0n) is 11.4. The molecule has 20 heavy (non-hydrogen) atoms. The highest BCUT2D eigenvalue weighted by Gasteiger charge is 2.08.